The Bertz CT molecular complexity index is 1250. The fraction of sp³-hybridized carbons (Fsp3) is 0.222. The second kappa shape index (κ2) is 9.31. The van der Waals surface area contributed by atoms with Gasteiger partial charge in [-0.3, -0.25) is 19.5 Å². The molecule has 0 radical (unpaired) electrons. The lowest BCUT2D eigenvalue weighted by molar-refractivity contribution is -0.132. The number of anilines is 2. The summed E-state index contributed by atoms with van der Waals surface area (Å²) in [6.07, 6.45) is 6.80. The summed E-state index contributed by atoms with van der Waals surface area (Å²) < 4.78 is 0. The van der Waals surface area contributed by atoms with E-state index in [9.17, 15) is 14.7 Å². The highest BCUT2D eigenvalue weighted by Crippen LogP contribution is 2.42. The fourth-order valence-electron chi connectivity index (χ4n) is 4.73. The molecule has 1 atom stereocenters. The largest absolute Gasteiger partial charge is 0.507 e. The zero-order valence-corrected chi connectivity index (χ0v) is 19.3. The summed E-state index contributed by atoms with van der Waals surface area (Å²) in [4.78, 5) is 34.3. The Morgan fingerprint density at radius 2 is 1.59 bits per heavy atom. The summed E-state index contributed by atoms with van der Waals surface area (Å²) in [6.45, 7) is 2.03. The summed E-state index contributed by atoms with van der Waals surface area (Å²) in [7, 11) is 0. The van der Waals surface area contributed by atoms with E-state index in [1.807, 2.05) is 24.3 Å². The lowest BCUT2D eigenvalue weighted by Crippen LogP contribution is -2.30. The number of ketones is 1. The molecule has 2 fully saturated rings. The van der Waals surface area contributed by atoms with E-state index in [0.717, 1.165) is 18.8 Å². The van der Waals surface area contributed by atoms with Gasteiger partial charge in [-0.05, 0) is 73.4 Å². The van der Waals surface area contributed by atoms with Gasteiger partial charge in [0.2, 0.25) is 0 Å². The molecule has 0 spiro atoms. The van der Waals surface area contributed by atoms with Crippen LogP contribution >= 0.6 is 11.6 Å². The van der Waals surface area contributed by atoms with Crippen LogP contribution < -0.4 is 9.80 Å². The maximum absolute atomic E-state index is 13.3. The van der Waals surface area contributed by atoms with Gasteiger partial charge in [-0.25, -0.2) is 0 Å². The van der Waals surface area contributed by atoms with Gasteiger partial charge >= 0.3 is 0 Å². The number of nitrogens with zero attached hydrogens (tertiary/aromatic N) is 3. The molecule has 6 nitrogen and oxygen atoms in total. The SMILES string of the molecule is O=C1C(=O)N(c2ccc(N3CCCCC3)cc2)C(c2ccncc2)/C1=C(\O)c1cccc(Cl)c1. The van der Waals surface area contributed by atoms with E-state index in [2.05, 4.69) is 9.88 Å². The lowest BCUT2D eigenvalue weighted by Gasteiger charge is -2.30. The molecule has 5 rings (SSSR count). The number of halogens is 1. The molecule has 1 amide bonds. The van der Waals surface area contributed by atoms with Gasteiger partial charge in [-0.2, -0.15) is 0 Å². The number of pyridine rings is 1. The number of carbonyl (C=O) groups excluding carboxylic acids is 2. The summed E-state index contributed by atoms with van der Waals surface area (Å²) in [6, 6.07) is 17.0. The molecule has 34 heavy (non-hydrogen) atoms. The molecule has 3 aromatic rings. The molecular formula is C27H24ClN3O3. The third-order valence-corrected chi connectivity index (χ3v) is 6.65. The third kappa shape index (κ3) is 4.05. The lowest BCUT2D eigenvalue weighted by atomic mass is 9.96. The second-order valence-corrected chi connectivity index (χ2v) is 8.96. The van der Waals surface area contributed by atoms with Gasteiger partial charge < -0.3 is 10.0 Å². The first-order valence-corrected chi connectivity index (χ1v) is 11.7. The number of Topliss-reactive ketones (excluding diaryl/α,β-unsaturated/α-hetero) is 1. The molecule has 0 aliphatic carbocycles. The Kier molecular flexibility index (Phi) is 6.07. The molecule has 0 saturated carbocycles. The molecule has 2 aliphatic rings. The maximum atomic E-state index is 13.3. The molecule has 3 heterocycles. The minimum atomic E-state index is -0.789. The first kappa shape index (κ1) is 22.2. The highest BCUT2D eigenvalue weighted by atomic mass is 35.5. The molecule has 172 valence electrons. The van der Waals surface area contributed by atoms with Crippen molar-refractivity contribution in [2.75, 3.05) is 22.9 Å². The van der Waals surface area contributed by atoms with Crippen LogP contribution in [0, 0.1) is 0 Å². The number of aliphatic hydroxyl groups is 1. The van der Waals surface area contributed by atoms with Gasteiger partial charge in [-0.15, -0.1) is 0 Å². The zero-order chi connectivity index (χ0) is 23.7. The van der Waals surface area contributed by atoms with Crippen molar-refractivity contribution < 1.29 is 14.7 Å². The molecular weight excluding hydrogens is 450 g/mol. The first-order chi connectivity index (χ1) is 16.5. The van der Waals surface area contributed by atoms with E-state index in [1.165, 1.54) is 24.2 Å². The van der Waals surface area contributed by atoms with Gasteiger partial charge in [0.15, 0.2) is 0 Å². The van der Waals surface area contributed by atoms with Gasteiger partial charge in [-0.1, -0.05) is 23.7 Å². The first-order valence-electron chi connectivity index (χ1n) is 11.4. The van der Waals surface area contributed by atoms with Crippen LogP contribution in [0.15, 0.2) is 78.6 Å². The van der Waals surface area contributed by atoms with Crippen molar-refractivity contribution in [3.8, 4) is 0 Å². The van der Waals surface area contributed by atoms with Gasteiger partial charge in [0.05, 0.1) is 11.6 Å². The fourth-order valence-corrected chi connectivity index (χ4v) is 4.92. The van der Waals surface area contributed by atoms with Crippen molar-refractivity contribution in [2.45, 2.75) is 25.3 Å². The van der Waals surface area contributed by atoms with Crippen LogP contribution in [-0.4, -0.2) is 34.9 Å². The molecule has 1 aromatic heterocycles. The van der Waals surface area contributed by atoms with Crippen LogP contribution in [-0.2, 0) is 9.59 Å². The van der Waals surface area contributed by atoms with Gasteiger partial charge in [0, 0.05) is 47.4 Å². The normalized spacial score (nSPS) is 20.1. The Labute approximate surface area is 203 Å². The van der Waals surface area contributed by atoms with Crippen molar-refractivity contribution in [3.63, 3.8) is 0 Å². The smallest absolute Gasteiger partial charge is 0.300 e. The topological polar surface area (TPSA) is 73.7 Å². The molecule has 2 aliphatic heterocycles. The number of hydrogen-bond acceptors (Lipinski definition) is 5. The second-order valence-electron chi connectivity index (χ2n) is 8.52. The van der Waals surface area contributed by atoms with Gasteiger partial charge in [0.1, 0.15) is 5.76 Å². The molecule has 2 aromatic carbocycles. The Hall–Kier alpha value is -3.64. The van der Waals surface area contributed by atoms with E-state index in [1.54, 1.807) is 48.8 Å². The summed E-state index contributed by atoms with van der Waals surface area (Å²) in [5, 5.41) is 11.6. The Morgan fingerprint density at radius 1 is 0.912 bits per heavy atom. The Balaban J connectivity index is 1.60. The van der Waals surface area contributed by atoms with E-state index < -0.39 is 17.7 Å². The van der Waals surface area contributed by atoms with E-state index in [4.69, 9.17) is 11.6 Å². The number of piperidine rings is 1. The summed E-state index contributed by atoms with van der Waals surface area (Å²) in [5.74, 6) is -1.68. The maximum Gasteiger partial charge on any atom is 0.300 e. The van der Waals surface area contributed by atoms with Crippen LogP contribution in [0.4, 0.5) is 11.4 Å². The molecule has 7 heteroatoms. The average Bonchev–Trinajstić information content (AvgIpc) is 3.15. The number of hydrogen-bond donors (Lipinski definition) is 1. The van der Waals surface area contributed by atoms with E-state index >= 15 is 0 Å². The van der Waals surface area contributed by atoms with Crippen molar-refractivity contribution >= 4 is 40.4 Å². The van der Waals surface area contributed by atoms with Crippen molar-refractivity contribution in [1.82, 2.24) is 4.98 Å². The van der Waals surface area contributed by atoms with Crippen LogP contribution in [0.2, 0.25) is 5.02 Å². The quantitative estimate of drug-likeness (QED) is 0.314. The number of carbonyl (C=O) groups is 2. The van der Waals surface area contributed by atoms with Crippen LogP contribution in [0.3, 0.4) is 0 Å². The van der Waals surface area contributed by atoms with Gasteiger partial charge in [0.25, 0.3) is 11.7 Å². The van der Waals surface area contributed by atoms with E-state index in [0.29, 0.717) is 21.8 Å². The molecule has 1 N–H and O–H groups in total. The van der Waals surface area contributed by atoms with Crippen molar-refractivity contribution in [3.05, 3.63) is 94.8 Å². The number of aromatic nitrogens is 1. The monoisotopic (exact) mass is 473 g/mol. The van der Waals surface area contributed by atoms with E-state index in [-0.39, 0.29) is 11.3 Å². The predicted octanol–water partition coefficient (Wildman–Crippen LogP) is 5.35. The summed E-state index contributed by atoms with van der Waals surface area (Å²) in [5.41, 5.74) is 2.77. The third-order valence-electron chi connectivity index (χ3n) is 6.41. The summed E-state index contributed by atoms with van der Waals surface area (Å²) >= 11 is 6.11. The minimum absolute atomic E-state index is 0.0265. The standard InChI is InChI=1S/C27H24ClN3O3/c28-20-6-4-5-19(17-20)25(32)23-24(18-11-13-29-14-12-18)31(27(34)26(23)33)22-9-7-21(8-10-22)30-15-2-1-3-16-30/h4-14,17,24,32H,1-3,15-16H2/b25-23+. The number of benzene rings is 2. The number of aliphatic hydroxyl groups excluding tert-OH is 1. The average molecular weight is 474 g/mol. The van der Waals surface area contributed by atoms with Crippen LogP contribution in [0.25, 0.3) is 5.76 Å². The molecule has 1 unspecified atom stereocenters. The molecule has 0 bridgehead atoms. The predicted molar refractivity (Wildman–Crippen MR) is 133 cm³/mol. The minimum Gasteiger partial charge on any atom is -0.507 e. The number of amides is 1. The zero-order valence-electron chi connectivity index (χ0n) is 18.5. The van der Waals surface area contributed by atoms with Crippen molar-refractivity contribution in [1.29, 1.82) is 0 Å². The van der Waals surface area contributed by atoms with Crippen molar-refractivity contribution in [2.24, 2.45) is 0 Å². The number of rotatable bonds is 4. The highest BCUT2D eigenvalue weighted by molar-refractivity contribution is 6.51. The Morgan fingerprint density at radius 3 is 2.26 bits per heavy atom. The van der Waals surface area contributed by atoms with Crippen LogP contribution in [0.5, 0.6) is 0 Å². The molecule has 2 saturated heterocycles. The highest BCUT2D eigenvalue weighted by Gasteiger charge is 2.47. The van der Waals surface area contributed by atoms with Crippen LogP contribution in [0.1, 0.15) is 36.4 Å².